The molecule has 112 valence electrons. The van der Waals surface area contributed by atoms with E-state index in [2.05, 4.69) is 15.9 Å². The van der Waals surface area contributed by atoms with Crippen LogP contribution in [-0.2, 0) is 4.79 Å². The minimum absolute atomic E-state index is 0.327. The Balaban J connectivity index is 1.35. The topological polar surface area (TPSA) is 49.6 Å². The van der Waals surface area contributed by atoms with Gasteiger partial charge in [0.15, 0.2) is 0 Å². The molecular formula is C17H23N3O. The normalized spacial score (nSPS) is 31.1. The smallest absolute Gasteiger partial charge is 0.225 e. The summed E-state index contributed by atoms with van der Waals surface area (Å²) in [6.07, 6.45) is 3.69. The molecule has 1 aromatic carbocycles. The van der Waals surface area contributed by atoms with E-state index in [0.29, 0.717) is 11.8 Å². The molecule has 0 spiro atoms. The predicted molar refractivity (Wildman–Crippen MR) is 84.0 cm³/mol. The van der Waals surface area contributed by atoms with Gasteiger partial charge >= 0.3 is 0 Å². The highest BCUT2D eigenvalue weighted by molar-refractivity contribution is 5.79. The van der Waals surface area contributed by atoms with Crippen molar-refractivity contribution >= 4 is 17.3 Å². The molecule has 2 atom stereocenters. The zero-order valence-electron chi connectivity index (χ0n) is 12.4. The number of piperazine rings is 1. The quantitative estimate of drug-likeness (QED) is 0.845. The SMILES string of the molecule is Nc1cccc(N2CCN(C(=O)C3CC4CC4C3)CC2)c1. The van der Waals surface area contributed by atoms with Crippen molar-refractivity contribution in [1.29, 1.82) is 0 Å². The van der Waals surface area contributed by atoms with E-state index in [1.807, 2.05) is 18.2 Å². The van der Waals surface area contributed by atoms with Crippen LogP contribution >= 0.6 is 0 Å². The highest BCUT2D eigenvalue weighted by Gasteiger charge is 2.48. The standard InChI is InChI=1S/C17H23N3O/c18-15-2-1-3-16(11-15)19-4-6-20(7-5-19)17(21)14-9-12-8-13(12)10-14/h1-3,11-14H,4-10,18H2. The predicted octanol–water partition coefficient (Wildman–Crippen LogP) is 1.96. The highest BCUT2D eigenvalue weighted by atomic mass is 16.2. The van der Waals surface area contributed by atoms with Gasteiger partial charge < -0.3 is 15.5 Å². The number of nitrogens with zero attached hydrogens (tertiary/aromatic N) is 2. The van der Waals surface area contributed by atoms with Crippen LogP contribution in [-0.4, -0.2) is 37.0 Å². The van der Waals surface area contributed by atoms with E-state index in [4.69, 9.17) is 5.73 Å². The van der Waals surface area contributed by atoms with E-state index in [1.165, 1.54) is 12.1 Å². The molecule has 2 aliphatic carbocycles. The molecule has 2 saturated carbocycles. The van der Waals surface area contributed by atoms with Gasteiger partial charge in [-0.3, -0.25) is 4.79 Å². The molecule has 2 unspecified atom stereocenters. The molecule has 4 heteroatoms. The molecule has 2 N–H and O–H groups in total. The van der Waals surface area contributed by atoms with E-state index >= 15 is 0 Å². The number of hydrogen-bond acceptors (Lipinski definition) is 3. The molecule has 0 aromatic heterocycles. The van der Waals surface area contributed by atoms with E-state index in [1.54, 1.807) is 0 Å². The second-order valence-electron chi connectivity index (χ2n) is 6.83. The Bertz CT molecular complexity index is 541. The molecule has 1 aliphatic heterocycles. The van der Waals surface area contributed by atoms with E-state index < -0.39 is 0 Å². The number of rotatable bonds is 2. The zero-order chi connectivity index (χ0) is 14.4. The Morgan fingerprint density at radius 3 is 2.43 bits per heavy atom. The number of anilines is 2. The van der Waals surface area contributed by atoms with Crippen LogP contribution in [0.1, 0.15) is 19.3 Å². The van der Waals surface area contributed by atoms with Gasteiger partial charge in [-0.2, -0.15) is 0 Å². The van der Waals surface area contributed by atoms with E-state index in [0.717, 1.165) is 56.5 Å². The fourth-order valence-electron chi connectivity index (χ4n) is 4.08. The number of fused-ring (bicyclic) bond motifs is 1. The van der Waals surface area contributed by atoms with Crippen LogP contribution in [0.25, 0.3) is 0 Å². The number of hydrogen-bond donors (Lipinski definition) is 1. The lowest BCUT2D eigenvalue weighted by Gasteiger charge is -2.37. The van der Waals surface area contributed by atoms with Crippen molar-refractivity contribution in [2.75, 3.05) is 36.8 Å². The summed E-state index contributed by atoms with van der Waals surface area (Å²) in [6, 6.07) is 8.02. The fraction of sp³-hybridized carbons (Fsp3) is 0.588. The molecule has 0 bridgehead atoms. The average molecular weight is 285 g/mol. The maximum atomic E-state index is 12.6. The Labute approximate surface area is 125 Å². The molecule has 1 saturated heterocycles. The van der Waals surface area contributed by atoms with Gasteiger partial charge in [0.1, 0.15) is 0 Å². The molecule has 1 amide bonds. The molecule has 1 aromatic rings. The first kappa shape index (κ1) is 13.0. The van der Waals surface area contributed by atoms with Crippen molar-refractivity contribution in [3.8, 4) is 0 Å². The van der Waals surface area contributed by atoms with Crippen LogP contribution in [0.4, 0.5) is 11.4 Å². The number of amides is 1. The summed E-state index contributed by atoms with van der Waals surface area (Å²) in [5, 5.41) is 0. The number of nitrogen functional groups attached to an aromatic ring is 1. The minimum atomic E-state index is 0.327. The highest BCUT2D eigenvalue weighted by Crippen LogP contribution is 2.54. The van der Waals surface area contributed by atoms with Crippen molar-refractivity contribution in [3.63, 3.8) is 0 Å². The number of nitrogens with two attached hydrogens (primary N) is 1. The molecule has 4 rings (SSSR count). The number of benzene rings is 1. The lowest BCUT2D eigenvalue weighted by molar-refractivity contribution is -0.136. The van der Waals surface area contributed by atoms with Crippen LogP contribution in [0.15, 0.2) is 24.3 Å². The molecular weight excluding hydrogens is 262 g/mol. The Hall–Kier alpha value is -1.71. The van der Waals surface area contributed by atoms with Crippen LogP contribution < -0.4 is 10.6 Å². The Kier molecular flexibility index (Phi) is 3.05. The van der Waals surface area contributed by atoms with Crippen LogP contribution in [0, 0.1) is 17.8 Å². The summed E-state index contributed by atoms with van der Waals surface area (Å²) < 4.78 is 0. The summed E-state index contributed by atoms with van der Waals surface area (Å²) in [6.45, 7) is 3.52. The summed E-state index contributed by atoms with van der Waals surface area (Å²) >= 11 is 0. The van der Waals surface area contributed by atoms with Gasteiger partial charge in [-0.25, -0.2) is 0 Å². The van der Waals surface area contributed by atoms with Crippen LogP contribution in [0.5, 0.6) is 0 Å². The van der Waals surface area contributed by atoms with Gasteiger partial charge in [-0.1, -0.05) is 6.07 Å². The summed E-state index contributed by atoms with van der Waals surface area (Å²) in [4.78, 5) is 17.0. The third-order valence-corrected chi connectivity index (χ3v) is 5.42. The Morgan fingerprint density at radius 1 is 1.05 bits per heavy atom. The van der Waals surface area contributed by atoms with Gasteiger partial charge in [0.2, 0.25) is 5.91 Å². The van der Waals surface area contributed by atoms with Gasteiger partial charge in [0.05, 0.1) is 0 Å². The largest absolute Gasteiger partial charge is 0.399 e. The fourth-order valence-corrected chi connectivity index (χ4v) is 4.08. The first-order valence-electron chi connectivity index (χ1n) is 8.10. The van der Waals surface area contributed by atoms with E-state index in [9.17, 15) is 4.79 Å². The monoisotopic (exact) mass is 285 g/mol. The number of carbonyl (C=O) groups excluding carboxylic acids is 1. The molecule has 1 heterocycles. The van der Waals surface area contributed by atoms with Crippen LogP contribution in [0.3, 0.4) is 0 Å². The molecule has 3 fully saturated rings. The lowest BCUT2D eigenvalue weighted by atomic mass is 10.0. The van der Waals surface area contributed by atoms with Crippen molar-refractivity contribution < 1.29 is 4.79 Å². The Morgan fingerprint density at radius 2 is 1.76 bits per heavy atom. The maximum absolute atomic E-state index is 12.6. The number of carbonyl (C=O) groups is 1. The average Bonchev–Trinajstić information content (AvgIpc) is 3.13. The zero-order valence-corrected chi connectivity index (χ0v) is 12.4. The first-order chi connectivity index (χ1) is 10.2. The maximum Gasteiger partial charge on any atom is 0.225 e. The minimum Gasteiger partial charge on any atom is -0.399 e. The molecule has 0 radical (unpaired) electrons. The first-order valence-corrected chi connectivity index (χ1v) is 8.10. The van der Waals surface area contributed by atoms with Crippen molar-refractivity contribution in [1.82, 2.24) is 4.90 Å². The van der Waals surface area contributed by atoms with Crippen molar-refractivity contribution in [3.05, 3.63) is 24.3 Å². The van der Waals surface area contributed by atoms with Crippen LogP contribution in [0.2, 0.25) is 0 Å². The summed E-state index contributed by atoms with van der Waals surface area (Å²) in [7, 11) is 0. The van der Waals surface area contributed by atoms with Gasteiger partial charge in [0.25, 0.3) is 0 Å². The summed E-state index contributed by atoms with van der Waals surface area (Å²) in [5.41, 5.74) is 7.82. The van der Waals surface area contributed by atoms with Gasteiger partial charge in [-0.15, -0.1) is 0 Å². The van der Waals surface area contributed by atoms with Crippen molar-refractivity contribution in [2.45, 2.75) is 19.3 Å². The molecule has 21 heavy (non-hydrogen) atoms. The second-order valence-corrected chi connectivity index (χ2v) is 6.83. The molecule has 3 aliphatic rings. The van der Waals surface area contributed by atoms with E-state index in [-0.39, 0.29) is 0 Å². The lowest BCUT2D eigenvalue weighted by Crippen LogP contribution is -2.50. The summed E-state index contributed by atoms with van der Waals surface area (Å²) in [5.74, 6) is 2.50. The van der Waals surface area contributed by atoms with Crippen molar-refractivity contribution in [2.24, 2.45) is 17.8 Å². The second kappa shape index (κ2) is 4.93. The van der Waals surface area contributed by atoms with Gasteiger partial charge in [0, 0.05) is 43.5 Å². The van der Waals surface area contributed by atoms with Gasteiger partial charge in [-0.05, 0) is 49.3 Å². The third kappa shape index (κ3) is 2.47. The molecule has 4 nitrogen and oxygen atoms in total. The third-order valence-electron chi connectivity index (χ3n) is 5.42.